The third kappa shape index (κ3) is 3.31. The van der Waals surface area contributed by atoms with Crippen molar-refractivity contribution in [1.82, 2.24) is 0 Å². The van der Waals surface area contributed by atoms with E-state index in [2.05, 4.69) is 19.2 Å². The van der Waals surface area contributed by atoms with Gasteiger partial charge in [0.15, 0.2) is 0 Å². The van der Waals surface area contributed by atoms with Crippen molar-refractivity contribution in [2.75, 3.05) is 0 Å². The van der Waals surface area contributed by atoms with Gasteiger partial charge in [-0.25, -0.2) is 4.79 Å². The van der Waals surface area contributed by atoms with Gasteiger partial charge < -0.3 is 5.11 Å². The lowest BCUT2D eigenvalue weighted by Crippen LogP contribution is -1.96. The van der Waals surface area contributed by atoms with Gasteiger partial charge in [0.05, 0.1) is 0 Å². The lowest BCUT2D eigenvalue weighted by molar-refractivity contribution is -0.132. The van der Waals surface area contributed by atoms with Crippen LogP contribution < -0.4 is 0 Å². The number of hydrogen-bond acceptors (Lipinski definition) is 3. The Balaban J connectivity index is 2.95. The summed E-state index contributed by atoms with van der Waals surface area (Å²) in [6.07, 6.45) is 6.77. The van der Waals surface area contributed by atoms with E-state index in [1.54, 1.807) is 23.5 Å². The summed E-state index contributed by atoms with van der Waals surface area (Å²) in [5.74, 6) is -1.20. The van der Waals surface area contributed by atoms with Crippen molar-refractivity contribution in [2.45, 2.75) is 26.7 Å². The average Bonchev–Trinajstić information content (AvgIpc) is 2.76. The zero-order valence-electron chi connectivity index (χ0n) is 10.4. The van der Waals surface area contributed by atoms with Crippen LogP contribution in [0.25, 0.3) is 6.08 Å². The molecule has 1 aromatic rings. The van der Waals surface area contributed by atoms with Crippen LogP contribution in [0.1, 0.15) is 29.9 Å². The molecule has 3 nitrogen and oxygen atoms in total. The first-order chi connectivity index (χ1) is 8.63. The molecule has 18 heavy (non-hydrogen) atoms. The topological polar surface area (TPSA) is 61.1 Å². The number of carboxylic acid groups (broad SMARTS) is 1. The van der Waals surface area contributed by atoms with Crippen molar-refractivity contribution in [2.24, 2.45) is 0 Å². The number of rotatable bonds is 5. The van der Waals surface area contributed by atoms with Gasteiger partial charge in [0.2, 0.25) is 0 Å². The lowest BCUT2D eigenvalue weighted by atomic mass is 10.1. The summed E-state index contributed by atoms with van der Waals surface area (Å²) in [4.78, 5) is 11.8. The molecule has 0 bridgehead atoms. The Bertz CT molecular complexity index is 532. The molecule has 0 saturated carbocycles. The van der Waals surface area contributed by atoms with Crippen molar-refractivity contribution in [3.63, 3.8) is 0 Å². The highest BCUT2D eigenvalue weighted by Crippen LogP contribution is 2.25. The van der Waals surface area contributed by atoms with Crippen LogP contribution in [0.15, 0.2) is 23.1 Å². The quantitative estimate of drug-likeness (QED) is 0.502. The molecule has 1 heterocycles. The maximum absolute atomic E-state index is 10.6. The second-order valence-electron chi connectivity index (χ2n) is 3.67. The van der Waals surface area contributed by atoms with Gasteiger partial charge in [-0.2, -0.15) is 5.26 Å². The maximum Gasteiger partial charge on any atom is 0.346 e. The van der Waals surface area contributed by atoms with E-state index >= 15 is 0 Å². The fourth-order valence-electron chi connectivity index (χ4n) is 1.66. The molecular weight excluding hydrogens is 246 g/mol. The minimum atomic E-state index is -1.20. The molecule has 0 aliphatic rings. The second kappa shape index (κ2) is 6.77. The van der Waals surface area contributed by atoms with Crippen LogP contribution in [0.2, 0.25) is 0 Å². The van der Waals surface area contributed by atoms with E-state index in [9.17, 15) is 4.79 Å². The van der Waals surface area contributed by atoms with E-state index in [1.165, 1.54) is 17.2 Å². The third-order valence-electron chi connectivity index (χ3n) is 2.61. The molecule has 0 spiro atoms. The van der Waals surface area contributed by atoms with Crippen LogP contribution in [0.3, 0.4) is 0 Å². The summed E-state index contributed by atoms with van der Waals surface area (Å²) in [6.45, 7) is 4.22. The SMILES string of the molecule is CCc1csc(C=CC=C(C#N)C(=O)O)c1CC. The van der Waals surface area contributed by atoms with Crippen LogP contribution in [0.4, 0.5) is 0 Å². The Hall–Kier alpha value is -1.86. The van der Waals surface area contributed by atoms with Gasteiger partial charge in [-0.15, -0.1) is 11.3 Å². The number of nitriles is 1. The molecule has 0 saturated heterocycles. The normalized spacial score (nSPS) is 11.7. The standard InChI is InChI=1S/C14H15NO2S/c1-3-10-9-18-13(12(10)4-2)7-5-6-11(8-15)14(16)17/h5-7,9H,3-4H2,1-2H3,(H,16,17). The van der Waals surface area contributed by atoms with E-state index in [4.69, 9.17) is 10.4 Å². The largest absolute Gasteiger partial charge is 0.477 e. The highest BCUT2D eigenvalue weighted by Gasteiger charge is 2.06. The number of thiophene rings is 1. The first kappa shape index (κ1) is 14.2. The molecule has 0 radical (unpaired) electrons. The summed E-state index contributed by atoms with van der Waals surface area (Å²) >= 11 is 1.65. The molecule has 0 amide bonds. The number of carboxylic acids is 1. The molecule has 4 heteroatoms. The fraction of sp³-hybridized carbons (Fsp3) is 0.286. The Morgan fingerprint density at radius 2 is 2.22 bits per heavy atom. The van der Waals surface area contributed by atoms with E-state index in [0.29, 0.717) is 0 Å². The van der Waals surface area contributed by atoms with Crippen LogP contribution in [-0.2, 0) is 17.6 Å². The second-order valence-corrected chi connectivity index (χ2v) is 4.58. The van der Waals surface area contributed by atoms with Crippen molar-refractivity contribution < 1.29 is 9.90 Å². The number of carbonyl (C=O) groups is 1. The Kier molecular flexibility index (Phi) is 5.34. The van der Waals surface area contributed by atoms with Crippen LogP contribution in [0, 0.1) is 11.3 Å². The van der Waals surface area contributed by atoms with Gasteiger partial charge >= 0.3 is 5.97 Å². The minimum Gasteiger partial charge on any atom is -0.477 e. The fourth-order valence-corrected chi connectivity index (χ4v) is 2.81. The maximum atomic E-state index is 10.6. The Morgan fingerprint density at radius 1 is 1.50 bits per heavy atom. The molecule has 0 aliphatic heterocycles. The molecular formula is C14H15NO2S. The van der Waals surface area contributed by atoms with Gasteiger partial charge in [0.25, 0.3) is 0 Å². The Morgan fingerprint density at radius 3 is 2.72 bits per heavy atom. The van der Waals surface area contributed by atoms with Crippen molar-refractivity contribution in [1.29, 1.82) is 5.26 Å². The zero-order valence-corrected chi connectivity index (χ0v) is 11.3. The molecule has 94 valence electrons. The van der Waals surface area contributed by atoms with Gasteiger partial charge in [0, 0.05) is 4.88 Å². The number of nitrogens with zero attached hydrogens (tertiary/aromatic N) is 1. The summed E-state index contributed by atoms with van der Waals surface area (Å²) < 4.78 is 0. The molecule has 0 unspecified atom stereocenters. The predicted octanol–water partition coefficient (Wildman–Crippen LogP) is 3.42. The highest BCUT2D eigenvalue weighted by atomic mass is 32.1. The van der Waals surface area contributed by atoms with E-state index in [1.807, 2.05) is 6.08 Å². The van der Waals surface area contributed by atoms with Gasteiger partial charge in [0.1, 0.15) is 11.6 Å². The summed E-state index contributed by atoms with van der Waals surface area (Å²) in [6, 6.07) is 1.65. The monoisotopic (exact) mass is 261 g/mol. The smallest absolute Gasteiger partial charge is 0.346 e. The van der Waals surface area contributed by atoms with Gasteiger partial charge in [-0.1, -0.05) is 19.9 Å². The van der Waals surface area contributed by atoms with Crippen LogP contribution in [-0.4, -0.2) is 11.1 Å². The lowest BCUT2D eigenvalue weighted by Gasteiger charge is -1.98. The zero-order chi connectivity index (χ0) is 13.5. The van der Waals surface area contributed by atoms with E-state index in [-0.39, 0.29) is 5.57 Å². The van der Waals surface area contributed by atoms with Gasteiger partial charge in [-0.05, 0) is 41.5 Å². The molecule has 1 N–H and O–H groups in total. The first-order valence-electron chi connectivity index (χ1n) is 5.75. The van der Waals surface area contributed by atoms with Crippen molar-refractivity contribution >= 4 is 23.4 Å². The molecule has 0 aliphatic carbocycles. The number of allylic oxidation sites excluding steroid dienone is 2. The summed E-state index contributed by atoms with van der Waals surface area (Å²) in [7, 11) is 0. The summed E-state index contributed by atoms with van der Waals surface area (Å²) in [5, 5.41) is 19.4. The van der Waals surface area contributed by atoms with Crippen LogP contribution >= 0.6 is 11.3 Å². The molecule has 1 aromatic heterocycles. The van der Waals surface area contributed by atoms with Gasteiger partial charge in [-0.3, -0.25) is 0 Å². The van der Waals surface area contributed by atoms with Crippen molar-refractivity contribution in [3.05, 3.63) is 39.1 Å². The molecule has 1 rings (SSSR count). The summed E-state index contributed by atoms with van der Waals surface area (Å²) in [5.41, 5.74) is 2.39. The molecule has 0 atom stereocenters. The molecule has 0 fully saturated rings. The Labute approximate surface area is 111 Å². The average molecular weight is 261 g/mol. The third-order valence-corrected chi connectivity index (χ3v) is 3.65. The number of aryl methyl sites for hydroxylation is 1. The number of hydrogen-bond donors (Lipinski definition) is 1. The van der Waals surface area contributed by atoms with Crippen LogP contribution in [0.5, 0.6) is 0 Å². The van der Waals surface area contributed by atoms with Crippen molar-refractivity contribution in [3.8, 4) is 6.07 Å². The highest BCUT2D eigenvalue weighted by molar-refractivity contribution is 7.11. The van der Waals surface area contributed by atoms with E-state index in [0.717, 1.165) is 17.7 Å². The van der Waals surface area contributed by atoms with E-state index < -0.39 is 5.97 Å². The predicted molar refractivity (Wildman–Crippen MR) is 73.4 cm³/mol. The number of aliphatic carboxylic acids is 1. The first-order valence-corrected chi connectivity index (χ1v) is 6.62. The molecule has 0 aromatic carbocycles. The minimum absolute atomic E-state index is 0.253.